The zero-order chi connectivity index (χ0) is 24.7. The summed E-state index contributed by atoms with van der Waals surface area (Å²) in [5, 5.41) is 0. The summed E-state index contributed by atoms with van der Waals surface area (Å²) in [6.45, 7) is 10.4. The highest BCUT2D eigenvalue weighted by Crippen LogP contribution is 2.49. The summed E-state index contributed by atoms with van der Waals surface area (Å²) >= 11 is 0. The quantitative estimate of drug-likeness (QED) is 0.626. The van der Waals surface area contributed by atoms with Crippen molar-refractivity contribution in [3.05, 3.63) is 64.6 Å². The monoisotopic (exact) mass is 476 g/mol. The van der Waals surface area contributed by atoms with Crippen LogP contribution in [-0.2, 0) is 13.1 Å². The molecule has 1 aromatic heterocycles. The molecule has 0 saturated carbocycles. The molecular formula is C28H36N4O3. The third-order valence-corrected chi connectivity index (χ3v) is 8.10. The predicted octanol–water partition coefficient (Wildman–Crippen LogP) is 4.70. The summed E-state index contributed by atoms with van der Waals surface area (Å²) in [7, 11) is 3.37. The second-order valence-electron chi connectivity index (χ2n) is 9.91. The number of piperidine rings is 1. The number of benzene rings is 1. The van der Waals surface area contributed by atoms with E-state index < -0.39 is 0 Å². The summed E-state index contributed by atoms with van der Waals surface area (Å²) in [6.07, 6.45) is 6.02. The van der Waals surface area contributed by atoms with Crippen molar-refractivity contribution < 1.29 is 14.3 Å². The molecule has 2 aromatic rings. The van der Waals surface area contributed by atoms with Crippen LogP contribution >= 0.6 is 0 Å². The van der Waals surface area contributed by atoms with Crippen molar-refractivity contribution in [2.24, 2.45) is 0 Å². The van der Waals surface area contributed by atoms with Gasteiger partial charge in [0.1, 0.15) is 11.5 Å². The van der Waals surface area contributed by atoms with Crippen molar-refractivity contribution in [1.82, 2.24) is 19.7 Å². The lowest BCUT2D eigenvalue weighted by Gasteiger charge is -2.44. The number of carbonyl (C=O) groups excluding carboxylic acids is 1. The number of hydrogen-bond donors (Lipinski definition) is 0. The van der Waals surface area contributed by atoms with Crippen LogP contribution < -0.4 is 9.47 Å². The van der Waals surface area contributed by atoms with Gasteiger partial charge < -0.3 is 14.4 Å². The third-order valence-electron chi connectivity index (χ3n) is 8.10. The first-order chi connectivity index (χ1) is 16.9. The first-order valence-corrected chi connectivity index (χ1v) is 12.6. The van der Waals surface area contributed by atoms with E-state index in [9.17, 15) is 4.79 Å². The molecular weight excluding hydrogens is 440 g/mol. The molecule has 3 aliphatic rings. The van der Waals surface area contributed by atoms with Crippen molar-refractivity contribution in [1.29, 1.82) is 0 Å². The summed E-state index contributed by atoms with van der Waals surface area (Å²) < 4.78 is 11.3. The molecule has 1 spiro atoms. The molecule has 1 aromatic carbocycles. The van der Waals surface area contributed by atoms with Crippen molar-refractivity contribution in [2.75, 3.05) is 33.9 Å². The molecule has 0 radical (unpaired) electrons. The Bertz CT molecular complexity index is 1150. The Labute approximate surface area is 208 Å². The molecule has 2 fully saturated rings. The molecule has 186 valence electrons. The van der Waals surface area contributed by atoms with Gasteiger partial charge in [0.25, 0.3) is 0 Å². The number of aryl methyl sites for hydroxylation is 1. The predicted molar refractivity (Wildman–Crippen MR) is 136 cm³/mol. The lowest BCUT2D eigenvalue weighted by atomic mass is 9.82. The summed E-state index contributed by atoms with van der Waals surface area (Å²) in [5.41, 5.74) is 5.49. The molecule has 0 aliphatic carbocycles. The first kappa shape index (κ1) is 23.7. The number of amides is 2. The first-order valence-electron chi connectivity index (χ1n) is 12.6. The Balaban J connectivity index is 1.47. The number of fused-ring (bicyclic) bond motifs is 3. The van der Waals surface area contributed by atoms with Crippen molar-refractivity contribution in [3.63, 3.8) is 0 Å². The number of carbonyl (C=O) groups is 1. The van der Waals surface area contributed by atoms with Gasteiger partial charge in [0.15, 0.2) is 0 Å². The van der Waals surface area contributed by atoms with Gasteiger partial charge in [-0.1, -0.05) is 19.1 Å². The number of urea groups is 1. The van der Waals surface area contributed by atoms with Crippen molar-refractivity contribution in [3.8, 4) is 11.5 Å². The Morgan fingerprint density at radius 3 is 2.60 bits per heavy atom. The highest BCUT2D eigenvalue weighted by molar-refractivity contribution is 5.83. The van der Waals surface area contributed by atoms with Crippen LogP contribution in [0.15, 0.2) is 42.2 Å². The molecule has 0 unspecified atom stereocenters. The number of ether oxygens (including phenoxy) is 2. The lowest BCUT2D eigenvalue weighted by Crippen LogP contribution is -2.53. The molecule has 3 aliphatic heterocycles. The van der Waals surface area contributed by atoms with Gasteiger partial charge in [-0.15, -0.1) is 0 Å². The van der Waals surface area contributed by atoms with Crippen LogP contribution in [0, 0.1) is 6.92 Å². The second-order valence-corrected chi connectivity index (χ2v) is 9.91. The highest BCUT2D eigenvalue weighted by atomic mass is 16.5. The minimum atomic E-state index is -0.264. The van der Waals surface area contributed by atoms with Crippen LogP contribution in [0.2, 0.25) is 0 Å². The fourth-order valence-corrected chi connectivity index (χ4v) is 6.27. The summed E-state index contributed by atoms with van der Waals surface area (Å²) in [6, 6.07) is 8.29. The Hall–Kier alpha value is -3.06. The lowest BCUT2D eigenvalue weighted by molar-refractivity contribution is 0.0886. The topological polar surface area (TPSA) is 58.1 Å². The van der Waals surface area contributed by atoms with Crippen LogP contribution in [0.5, 0.6) is 11.5 Å². The number of rotatable bonds is 5. The van der Waals surface area contributed by atoms with E-state index >= 15 is 0 Å². The maximum Gasteiger partial charge on any atom is 0.325 e. The number of methoxy groups -OCH3 is 2. The molecule has 7 nitrogen and oxygen atoms in total. The van der Waals surface area contributed by atoms with Crippen LogP contribution in [-0.4, -0.2) is 65.1 Å². The largest absolute Gasteiger partial charge is 0.497 e. The van der Waals surface area contributed by atoms with Crippen LogP contribution in [0.4, 0.5) is 4.79 Å². The zero-order valence-corrected chi connectivity index (χ0v) is 21.5. The number of allylic oxidation sites excluding steroid dienone is 1. The average molecular weight is 477 g/mol. The zero-order valence-electron chi connectivity index (χ0n) is 21.5. The molecule has 2 saturated heterocycles. The molecule has 2 amide bonds. The maximum absolute atomic E-state index is 13.8. The van der Waals surface area contributed by atoms with Crippen molar-refractivity contribution >= 4 is 6.03 Å². The minimum absolute atomic E-state index is 0.108. The fraction of sp³-hybridized carbons (Fsp3) is 0.500. The van der Waals surface area contributed by atoms with E-state index in [2.05, 4.69) is 53.8 Å². The summed E-state index contributed by atoms with van der Waals surface area (Å²) in [4.78, 5) is 24.8. The molecule has 1 atom stereocenters. The molecule has 7 heteroatoms. The standard InChI is InChI=1S/C28H36N4O3/c1-6-32-27(33)31-18-22-15-23(34-4)16-24(35-5)26(22)19(2)14-25(31)28(32)9-12-30(13-10-28)17-21-8-7-11-29-20(21)3/h7-8,11,14-16,19H,6,9-10,12-13,17-18H2,1-5H3/t19-/m0/s1. The van der Waals surface area contributed by atoms with E-state index in [1.165, 1.54) is 5.56 Å². The molecule has 5 rings (SSSR count). The number of aromatic nitrogens is 1. The van der Waals surface area contributed by atoms with E-state index in [0.29, 0.717) is 13.1 Å². The second kappa shape index (κ2) is 9.19. The van der Waals surface area contributed by atoms with E-state index in [1.807, 2.05) is 23.2 Å². The van der Waals surface area contributed by atoms with Crippen LogP contribution in [0.25, 0.3) is 0 Å². The minimum Gasteiger partial charge on any atom is -0.497 e. The Morgan fingerprint density at radius 2 is 1.94 bits per heavy atom. The van der Waals surface area contributed by atoms with Gasteiger partial charge in [0.05, 0.1) is 26.3 Å². The van der Waals surface area contributed by atoms with Gasteiger partial charge in [-0.2, -0.15) is 0 Å². The van der Waals surface area contributed by atoms with E-state index in [1.54, 1.807) is 14.2 Å². The highest BCUT2D eigenvalue weighted by Gasteiger charge is 2.54. The average Bonchev–Trinajstić information content (AvgIpc) is 2.97. The Kier molecular flexibility index (Phi) is 6.21. The molecule has 4 heterocycles. The fourth-order valence-electron chi connectivity index (χ4n) is 6.27. The number of nitrogens with zero attached hydrogens (tertiary/aromatic N) is 4. The molecule has 35 heavy (non-hydrogen) atoms. The van der Waals surface area contributed by atoms with Gasteiger partial charge in [-0.05, 0) is 49.9 Å². The maximum atomic E-state index is 13.8. The third kappa shape index (κ3) is 3.86. The van der Waals surface area contributed by atoms with Gasteiger partial charge >= 0.3 is 6.03 Å². The van der Waals surface area contributed by atoms with Gasteiger partial charge in [-0.25, -0.2) is 4.79 Å². The summed E-state index contributed by atoms with van der Waals surface area (Å²) in [5.74, 6) is 1.70. The van der Waals surface area contributed by atoms with Crippen molar-refractivity contribution in [2.45, 2.75) is 58.2 Å². The molecule has 0 N–H and O–H groups in total. The normalized spacial score (nSPS) is 21.5. The SMILES string of the molecule is CCN1C(=O)N2Cc3cc(OC)cc(OC)c3[C@@H](C)C=C2C12CCN(Cc1cccnc1C)CC2. The van der Waals surface area contributed by atoms with Gasteiger partial charge in [0.2, 0.25) is 0 Å². The number of pyridine rings is 1. The van der Waals surface area contributed by atoms with Gasteiger partial charge in [-0.3, -0.25) is 14.8 Å². The number of hydrogen-bond acceptors (Lipinski definition) is 5. The van der Waals surface area contributed by atoms with E-state index in [-0.39, 0.29) is 17.5 Å². The van der Waals surface area contributed by atoms with E-state index in [0.717, 1.165) is 66.5 Å². The Morgan fingerprint density at radius 1 is 1.17 bits per heavy atom. The number of likely N-dealkylation sites (tertiary alicyclic amines) is 1. The van der Waals surface area contributed by atoms with E-state index in [4.69, 9.17) is 9.47 Å². The molecule has 0 bridgehead atoms. The van der Waals surface area contributed by atoms with Crippen LogP contribution in [0.1, 0.15) is 55.0 Å². The number of likely N-dealkylation sites (N-methyl/N-ethyl adjacent to an activating group) is 1. The van der Waals surface area contributed by atoms with Crippen LogP contribution in [0.3, 0.4) is 0 Å². The smallest absolute Gasteiger partial charge is 0.325 e. The van der Waals surface area contributed by atoms with Gasteiger partial charge in [0, 0.05) is 61.3 Å².